The highest BCUT2D eigenvalue weighted by molar-refractivity contribution is 7.92. The van der Waals surface area contributed by atoms with Crippen molar-refractivity contribution in [3.05, 3.63) is 78.4 Å². The highest BCUT2D eigenvalue weighted by Crippen LogP contribution is 2.33. The third kappa shape index (κ3) is 5.47. The normalized spacial score (nSPS) is 11.1. The van der Waals surface area contributed by atoms with Crippen LogP contribution in [0.15, 0.2) is 77.7 Å². The van der Waals surface area contributed by atoms with Gasteiger partial charge in [0.2, 0.25) is 11.0 Å². The van der Waals surface area contributed by atoms with Crippen LogP contribution in [0.1, 0.15) is 5.56 Å². The van der Waals surface area contributed by atoms with Gasteiger partial charge < -0.3 is 9.47 Å². The van der Waals surface area contributed by atoms with Gasteiger partial charge in [-0.25, -0.2) is 8.42 Å². The van der Waals surface area contributed by atoms with Crippen LogP contribution in [0.4, 0.5) is 10.8 Å². The first-order valence-electron chi connectivity index (χ1n) is 10.8. The largest absolute Gasteiger partial charge is 0.497 e. The molecule has 4 aromatic rings. The molecule has 0 saturated heterocycles. The van der Waals surface area contributed by atoms with Crippen molar-refractivity contribution in [3.63, 3.8) is 0 Å². The first kappa shape index (κ1) is 25.1. The molecule has 0 saturated carbocycles. The van der Waals surface area contributed by atoms with Crippen molar-refractivity contribution in [2.45, 2.75) is 11.8 Å². The molecule has 0 atom stereocenters. The van der Waals surface area contributed by atoms with Crippen molar-refractivity contribution in [2.24, 2.45) is 0 Å². The van der Waals surface area contributed by atoms with Crippen LogP contribution in [0.2, 0.25) is 0 Å². The van der Waals surface area contributed by atoms with E-state index in [9.17, 15) is 13.2 Å². The van der Waals surface area contributed by atoms with Gasteiger partial charge in [-0.05, 0) is 43.3 Å². The number of anilines is 2. The molecule has 1 heterocycles. The van der Waals surface area contributed by atoms with Gasteiger partial charge in [0.25, 0.3) is 10.0 Å². The Labute approximate surface area is 213 Å². The van der Waals surface area contributed by atoms with E-state index in [1.165, 1.54) is 37.7 Å². The Bertz CT molecular complexity index is 1450. The van der Waals surface area contributed by atoms with Gasteiger partial charge in [0.05, 0.1) is 24.8 Å². The summed E-state index contributed by atoms with van der Waals surface area (Å²) in [6, 6.07) is 20.3. The van der Waals surface area contributed by atoms with E-state index >= 15 is 0 Å². The number of rotatable bonds is 9. The van der Waals surface area contributed by atoms with Crippen molar-refractivity contribution in [2.75, 3.05) is 30.4 Å². The molecule has 0 spiro atoms. The molecular formula is C25H24N4O5S2. The lowest BCUT2D eigenvalue weighted by Gasteiger charge is -2.25. The molecule has 186 valence electrons. The molecule has 0 aliphatic heterocycles. The van der Waals surface area contributed by atoms with Crippen LogP contribution in [0, 0.1) is 6.92 Å². The fraction of sp³-hybridized carbons (Fsp3) is 0.160. The number of nitrogens with one attached hydrogen (secondary N) is 1. The number of aryl methyl sites for hydroxylation is 1. The number of hydrogen-bond acceptors (Lipinski definition) is 8. The molecule has 0 radical (unpaired) electrons. The summed E-state index contributed by atoms with van der Waals surface area (Å²) < 4.78 is 38.8. The topological polar surface area (TPSA) is 111 Å². The lowest BCUT2D eigenvalue weighted by Crippen LogP contribution is -2.38. The van der Waals surface area contributed by atoms with Crippen molar-refractivity contribution in [1.29, 1.82) is 0 Å². The molecule has 1 N–H and O–H groups in total. The number of para-hydroxylation sites is 2. The smallest absolute Gasteiger partial charge is 0.264 e. The Balaban J connectivity index is 1.62. The van der Waals surface area contributed by atoms with Gasteiger partial charge in [0, 0.05) is 5.56 Å². The first-order valence-corrected chi connectivity index (χ1v) is 13.1. The summed E-state index contributed by atoms with van der Waals surface area (Å²) in [5.41, 5.74) is 2.21. The van der Waals surface area contributed by atoms with E-state index in [1.54, 1.807) is 36.4 Å². The molecule has 11 heteroatoms. The van der Waals surface area contributed by atoms with Crippen molar-refractivity contribution in [1.82, 2.24) is 10.2 Å². The maximum absolute atomic E-state index is 13.6. The van der Waals surface area contributed by atoms with Crippen LogP contribution in [0.5, 0.6) is 11.5 Å². The van der Waals surface area contributed by atoms with E-state index in [1.807, 2.05) is 31.2 Å². The van der Waals surface area contributed by atoms with E-state index in [-0.39, 0.29) is 15.7 Å². The molecule has 0 unspecified atom stereocenters. The van der Waals surface area contributed by atoms with E-state index < -0.39 is 22.5 Å². The molecule has 0 aliphatic rings. The number of methoxy groups -OCH3 is 2. The minimum Gasteiger partial charge on any atom is -0.497 e. The minimum atomic E-state index is -4.14. The number of sulfonamides is 1. The molecule has 0 aliphatic carbocycles. The summed E-state index contributed by atoms with van der Waals surface area (Å²) in [6.45, 7) is 1.48. The molecular weight excluding hydrogens is 500 g/mol. The maximum Gasteiger partial charge on any atom is 0.264 e. The van der Waals surface area contributed by atoms with Gasteiger partial charge >= 0.3 is 0 Å². The Hall–Kier alpha value is -3.96. The summed E-state index contributed by atoms with van der Waals surface area (Å²) in [6.07, 6.45) is 0. The molecule has 9 nitrogen and oxygen atoms in total. The highest BCUT2D eigenvalue weighted by Gasteiger charge is 2.29. The van der Waals surface area contributed by atoms with Gasteiger partial charge in [-0.2, -0.15) is 0 Å². The monoisotopic (exact) mass is 524 g/mol. The van der Waals surface area contributed by atoms with Crippen molar-refractivity contribution >= 4 is 38.1 Å². The zero-order valence-electron chi connectivity index (χ0n) is 19.8. The number of carbonyl (C=O) groups excluding carboxylic acids is 1. The average Bonchev–Trinajstić information content (AvgIpc) is 3.36. The number of benzene rings is 3. The highest BCUT2D eigenvalue weighted by atomic mass is 32.2. The van der Waals surface area contributed by atoms with Crippen LogP contribution in [-0.2, 0) is 14.8 Å². The van der Waals surface area contributed by atoms with Crippen LogP contribution in [-0.4, -0.2) is 45.3 Å². The number of carbonyl (C=O) groups is 1. The van der Waals surface area contributed by atoms with Gasteiger partial charge in [-0.3, -0.25) is 14.4 Å². The number of ether oxygens (including phenoxy) is 2. The molecule has 0 fully saturated rings. The lowest BCUT2D eigenvalue weighted by molar-refractivity contribution is -0.114. The van der Waals surface area contributed by atoms with Crippen LogP contribution in [0.3, 0.4) is 0 Å². The third-order valence-electron chi connectivity index (χ3n) is 5.26. The molecule has 0 bridgehead atoms. The van der Waals surface area contributed by atoms with Crippen molar-refractivity contribution in [3.8, 4) is 22.1 Å². The zero-order valence-corrected chi connectivity index (χ0v) is 21.5. The fourth-order valence-corrected chi connectivity index (χ4v) is 5.58. The fourth-order valence-electron chi connectivity index (χ4n) is 3.39. The summed E-state index contributed by atoms with van der Waals surface area (Å²) >= 11 is 1.20. The average molecular weight is 525 g/mol. The molecule has 1 aromatic heterocycles. The van der Waals surface area contributed by atoms with E-state index in [0.29, 0.717) is 16.5 Å². The van der Waals surface area contributed by atoms with Crippen LogP contribution < -0.4 is 19.1 Å². The molecule has 36 heavy (non-hydrogen) atoms. The van der Waals surface area contributed by atoms with Gasteiger partial charge in [-0.15, -0.1) is 10.2 Å². The first-order chi connectivity index (χ1) is 17.3. The number of aromatic nitrogens is 2. The lowest BCUT2D eigenvalue weighted by atomic mass is 10.2. The van der Waals surface area contributed by atoms with Gasteiger partial charge in [0.1, 0.15) is 23.1 Å². The standard InChI is InChI=1S/C25H24N4O5S2/c1-17-8-10-18(11-9-17)24-27-28-25(35-24)26-23(30)16-29(21-6-4-5-7-22(21)34-3)36(31,32)20-14-12-19(33-2)13-15-20/h4-15H,16H2,1-3H3,(H,26,28,30). The number of hydrogen-bond donors (Lipinski definition) is 1. The zero-order chi connectivity index (χ0) is 25.7. The maximum atomic E-state index is 13.6. The summed E-state index contributed by atoms with van der Waals surface area (Å²) in [5, 5.41) is 11.7. The third-order valence-corrected chi connectivity index (χ3v) is 7.92. The van der Waals surface area contributed by atoms with Crippen molar-refractivity contribution < 1.29 is 22.7 Å². The minimum absolute atomic E-state index is 0.000390. The second kappa shape index (κ2) is 10.8. The number of nitrogens with zero attached hydrogens (tertiary/aromatic N) is 3. The number of amides is 1. The van der Waals surface area contributed by atoms with E-state index in [4.69, 9.17) is 9.47 Å². The second-order valence-electron chi connectivity index (χ2n) is 7.69. The summed E-state index contributed by atoms with van der Waals surface area (Å²) in [4.78, 5) is 13.0. The van der Waals surface area contributed by atoms with E-state index in [2.05, 4.69) is 15.5 Å². The molecule has 4 rings (SSSR count). The van der Waals surface area contributed by atoms with Crippen LogP contribution >= 0.6 is 11.3 Å². The molecule has 3 aromatic carbocycles. The van der Waals surface area contributed by atoms with Gasteiger partial charge in [-0.1, -0.05) is 53.3 Å². The second-order valence-corrected chi connectivity index (χ2v) is 10.5. The quantitative estimate of drug-likeness (QED) is 0.346. The predicted molar refractivity (Wildman–Crippen MR) is 139 cm³/mol. The predicted octanol–water partition coefficient (Wildman–Crippen LogP) is 4.36. The van der Waals surface area contributed by atoms with Crippen LogP contribution in [0.25, 0.3) is 10.6 Å². The summed E-state index contributed by atoms with van der Waals surface area (Å²) in [7, 11) is -1.21. The Morgan fingerprint density at radius 1 is 0.944 bits per heavy atom. The SMILES string of the molecule is COc1ccc(S(=O)(=O)N(CC(=O)Nc2nnc(-c3ccc(C)cc3)s2)c2ccccc2OC)cc1. The van der Waals surface area contributed by atoms with E-state index in [0.717, 1.165) is 15.4 Å². The Kier molecular flexibility index (Phi) is 7.51. The van der Waals surface area contributed by atoms with Gasteiger partial charge in [0.15, 0.2) is 0 Å². The summed E-state index contributed by atoms with van der Waals surface area (Å²) in [5.74, 6) is 0.237. The Morgan fingerprint density at radius 2 is 1.64 bits per heavy atom. The molecule has 1 amide bonds. The Morgan fingerprint density at radius 3 is 2.31 bits per heavy atom.